The first kappa shape index (κ1) is 18.9. The number of ether oxygens (including phenoxy) is 1. The number of carbonyl (C=O) groups excluding carboxylic acids is 3. The summed E-state index contributed by atoms with van der Waals surface area (Å²) in [5, 5.41) is 5.79. The van der Waals surface area contributed by atoms with Gasteiger partial charge in [-0.05, 0) is 43.9 Å². The quantitative estimate of drug-likeness (QED) is 0.753. The van der Waals surface area contributed by atoms with Crippen molar-refractivity contribution in [3.05, 3.63) is 41.1 Å². The zero-order chi connectivity index (χ0) is 19.6. The van der Waals surface area contributed by atoms with E-state index in [0.29, 0.717) is 29.1 Å². The zero-order valence-electron chi connectivity index (χ0n) is 15.9. The van der Waals surface area contributed by atoms with Gasteiger partial charge in [0.2, 0.25) is 5.91 Å². The Labute approximate surface area is 158 Å². The SMILES string of the molecule is CCCN1C(=O)N[C@@H](c2cccc(NC(=O)C3CC3)c2)C(C(=O)OC)=C1C. The average Bonchev–Trinajstić information content (AvgIpc) is 3.49. The topological polar surface area (TPSA) is 87.7 Å². The van der Waals surface area contributed by atoms with E-state index in [-0.39, 0.29) is 17.9 Å². The van der Waals surface area contributed by atoms with Crippen molar-refractivity contribution in [2.24, 2.45) is 5.92 Å². The van der Waals surface area contributed by atoms with E-state index in [2.05, 4.69) is 10.6 Å². The second kappa shape index (κ2) is 7.82. The molecule has 1 heterocycles. The van der Waals surface area contributed by atoms with Gasteiger partial charge in [0, 0.05) is 23.8 Å². The summed E-state index contributed by atoms with van der Waals surface area (Å²) in [6.07, 6.45) is 2.62. The molecular formula is C20H25N3O4. The molecule has 1 aromatic carbocycles. The van der Waals surface area contributed by atoms with Crippen LogP contribution < -0.4 is 10.6 Å². The molecule has 144 valence electrons. The predicted molar refractivity (Wildman–Crippen MR) is 101 cm³/mol. The maximum atomic E-state index is 12.6. The number of rotatable bonds is 6. The van der Waals surface area contributed by atoms with Gasteiger partial charge in [-0.3, -0.25) is 9.69 Å². The number of hydrogen-bond acceptors (Lipinski definition) is 4. The standard InChI is InChI=1S/C20H25N3O4/c1-4-10-23-12(2)16(19(25)27-3)17(22-20(23)26)14-6-5-7-15(11-14)21-18(24)13-8-9-13/h5-7,11,13,17H,4,8-10H2,1-3H3,(H,21,24)(H,22,26)/t17-/m0/s1. The summed E-state index contributed by atoms with van der Waals surface area (Å²) in [5.74, 6) is -0.377. The molecule has 7 heteroatoms. The highest BCUT2D eigenvalue weighted by atomic mass is 16.5. The smallest absolute Gasteiger partial charge is 0.337 e. The molecule has 1 aromatic rings. The fraction of sp³-hybridized carbons (Fsp3) is 0.450. The average molecular weight is 371 g/mol. The van der Waals surface area contributed by atoms with Crippen LogP contribution in [0.5, 0.6) is 0 Å². The van der Waals surface area contributed by atoms with Crippen molar-refractivity contribution in [1.29, 1.82) is 0 Å². The minimum Gasteiger partial charge on any atom is -0.466 e. The van der Waals surface area contributed by atoms with Gasteiger partial charge in [-0.15, -0.1) is 0 Å². The van der Waals surface area contributed by atoms with Gasteiger partial charge in [-0.2, -0.15) is 0 Å². The number of nitrogens with zero attached hydrogens (tertiary/aromatic N) is 1. The second-order valence-electron chi connectivity index (χ2n) is 6.91. The number of allylic oxidation sites excluding steroid dienone is 1. The van der Waals surface area contributed by atoms with Crippen LogP contribution in [0, 0.1) is 5.92 Å². The van der Waals surface area contributed by atoms with Crippen molar-refractivity contribution >= 4 is 23.6 Å². The van der Waals surface area contributed by atoms with Crippen LogP contribution in [-0.2, 0) is 14.3 Å². The Hall–Kier alpha value is -2.83. The van der Waals surface area contributed by atoms with Crippen LogP contribution in [0.25, 0.3) is 0 Å². The summed E-state index contributed by atoms with van der Waals surface area (Å²) >= 11 is 0. The Balaban J connectivity index is 1.94. The lowest BCUT2D eigenvalue weighted by molar-refractivity contribution is -0.136. The molecule has 1 saturated carbocycles. The van der Waals surface area contributed by atoms with Crippen LogP contribution in [-0.4, -0.2) is 36.5 Å². The molecule has 0 unspecified atom stereocenters. The number of carbonyl (C=O) groups is 3. The van der Waals surface area contributed by atoms with Gasteiger partial charge in [0.15, 0.2) is 0 Å². The normalized spacial score (nSPS) is 19.6. The van der Waals surface area contributed by atoms with Crippen LogP contribution in [0.15, 0.2) is 35.5 Å². The molecule has 2 aliphatic rings. The van der Waals surface area contributed by atoms with Gasteiger partial charge in [0.25, 0.3) is 0 Å². The number of benzene rings is 1. The molecular weight excluding hydrogens is 346 g/mol. The maximum Gasteiger partial charge on any atom is 0.337 e. The highest BCUT2D eigenvalue weighted by Gasteiger charge is 2.36. The van der Waals surface area contributed by atoms with E-state index < -0.39 is 12.0 Å². The van der Waals surface area contributed by atoms with E-state index in [0.717, 1.165) is 19.3 Å². The highest BCUT2D eigenvalue weighted by Crippen LogP contribution is 2.33. The second-order valence-corrected chi connectivity index (χ2v) is 6.91. The highest BCUT2D eigenvalue weighted by molar-refractivity contribution is 5.96. The van der Waals surface area contributed by atoms with E-state index in [9.17, 15) is 14.4 Å². The Bertz CT molecular complexity index is 798. The number of anilines is 1. The van der Waals surface area contributed by atoms with Crippen molar-refractivity contribution in [1.82, 2.24) is 10.2 Å². The van der Waals surface area contributed by atoms with Gasteiger partial charge in [0.1, 0.15) is 0 Å². The molecule has 0 aromatic heterocycles. The van der Waals surface area contributed by atoms with Crippen LogP contribution in [0.3, 0.4) is 0 Å². The number of urea groups is 1. The van der Waals surface area contributed by atoms with E-state index in [1.54, 1.807) is 30.0 Å². The first-order valence-corrected chi connectivity index (χ1v) is 9.24. The zero-order valence-corrected chi connectivity index (χ0v) is 15.9. The number of esters is 1. The minimum absolute atomic E-state index is 0.00821. The van der Waals surface area contributed by atoms with E-state index >= 15 is 0 Å². The molecule has 0 spiro atoms. The number of methoxy groups -OCH3 is 1. The van der Waals surface area contributed by atoms with Crippen LogP contribution >= 0.6 is 0 Å². The van der Waals surface area contributed by atoms with Gasteiger partial charge in [-0.1, -0.05) is 19.1 Å². The van der Waals surface area contributed by atoms with Crippen molar-refractivity contribution in [2.45, 2.75) is 39.2 Å². The van der Waals surface area contributed by atoms with Gasteiger partial charge >= 0.3 is 12.0 Å². The van der Waals surface area contributed by atoms with Crippen LogP contribution in [0.2, 0.25) is 0 Å². The van der Waals surface area contributed by atoms with Gasteiger partial charge < -0.3 is 15.4 Å². The Morgan fingerprint density at radius 3 is 2.70 bits per heavy atom. The lowest BCUT2D eigenvalue weighted by Crippen LogP contribution is -2.48. The summed E-state index contributed by atoms with van der Waals surface area (Å²) in [7, 11) is 1.33. The van der Waals surface area contributed by atoms with E-state index in [4.69, 9.17) is 4.74 Å². The maximum absolute atomic E-state index is 12.6. The van der Waals surface area contributed by atoms with Crippen molar-refractivity contribution in [2.75, 3.05) is 19.0 Å². The van der Waals surface area contributed by atoms with E-state index in [1.165, 1.54) is 7.11 Å². The molecule has 7 nitrogen and oxygen atoms in total. The summed E-state index contributed by atoms with van der Waals surface area (Å²) in [5.41, 5.74) is 2.35. The monoisotopic (exact) mass is 371 g/mol. The molecule has 1 aliphatic heterocycles. The molecule has 3 amide bonds. The fourth-order valence-corrected chi connectivity index (χ4v) is 3.28. The third kappa shape index (κ3) is 3.97. The largest absolute Gasteiger partial charge is 0.466 e. The molecule has 0 bridgehead atoms. The lowest BCUT2D eigenvalue weighted by atomic mass is 9.94. The van der Waals surface area contributed by atoms with Crippen LogP contribution in [0.1, 0.15) is 44.7 Å². The number of amides is 3. The third-order valence-electron chi connectivity index (χ3n) is 4.88. The first-order chi connectivity index (χ1) is 13.0. The Kier molecular flexibility index (Phi) is 5.48. The summed E-state index contributed by atoms with van der Waals surface area (Å²) < 4.78 is 4.96. The van der Waals surface area contributed by atoms with Crippen molar-refractivity contribution in [3.8, 4) is 0 Å². The van der Waals surface area contributed by atoms with Crippen molar-refractivity contribution in [3.63, 3.8) is 0 Å². The molecule has 1 aliphatic carbocycles. The van der Waals surface area contributed by atoms with E-state index in [1.807, 2.05) is 13.0 Å². The van der Waals surface area contributed by atoms with Gasteiger partial charge in [-0.25, -0.2) is 9.59 Å². The molecule has 0 saturated heterocycles. The van der Waals surface area contributed by atoms with Gasteiger partial charge in [0.05, 0.1) is 18.7 Å². The Morgan fingerprint density at radius 1 is 1.33 bits per heavy atom. The number of hydrogen-bond donors (Lipinski definition) is 2. The lowest BCUT2D eigenvalue weighted by Gasteiger charge is -2.35. The molecule has 27 heavy (non-hydrogen) atoms. The third-order valence-corrected chi connectivity index (χ3v) is 4.88. The molecule has 1 atom stereocenters. The summed E-state index contributed by atoms with van der Waals surface area (Å²) in [6, 6.07) is 6.33. The predicted octanol–water partition coefficient (Wildman–Crippen LogP) is 2.96. The minimum atomic E-state index is -0.629. The van der Waals surface area contributed by atoms with Crippen molar-refractivity contribution < 1.29 is 19.1 Å². The molecule has 1 fully saturated rings. The number of nitrogens with one attached hydrogen (secondary N) is 2. The molecule has 2 N–H and O–H groups in total. The molecule has 3 rings (SSSR count). The molecule has 0 radical (unpaired) electrons. The fourth-order valence-electron chi connectivity index (χ4n) is 3.28. The summed E-state index contributed by atoms with van der Waals surface area (Å²) in [4.78, 5) is 38.6. The Morgan fingerprint density at radius 2 is 2.07 bits per heavy atom. The summed E-state index contributed by atoms with van der Waals surface area (Å²) in [6.45, 7) is 4.24. The first-order valence-electron chi connectivity index (χ1n) is 9.24. The van der Waals surface area contributed by atoms with Crippen LogP contribution in [0.4, 0.5) is 10.5 Å².